The molecule has 5 rings (SSSR count). The Morgan fingerprint density at radius 2 is 1.69 bits per heavy atom. The molecule has 6 heteroatoms. The number of hydrogen-bond donors (Lipinski definition) is 0. The number of ether oxygens (including phenoxy) is 3. The van der Waals surface area contributed by atoms with Crippen molar-refractivity contribution in [2.24, 2.45) is 0 Å². The normalized spacial score (nSPS) is 22.0. The Kier molecular flexibility index (Phi) is 5.82. The van der Waals surface area contributed by atoms with Gasteiger partial charge in [-0.15, -0.1) is 0 Å². The molecular formula is C26H32N2O4. The number of carbonyl (C=O) groups is 1. The maximum atomic E-state index is 13.2. The van der Waals surface area contributed by atoms with Crippen LogP contribution in [0.2, 0.25) is 0 Å². The molecule has 2 fully saturated rings. The molecule has 3 aliphatic heterocycles. The molecule has 0 aromatic heterocycles. The summed E-state index contributed by atoms with van der Waals surface area (Å²) in [6.45, 7) is 8.11. The standard InChI is InChI=1S/C26H32N2O4/c1-19-3-6-21(7-4-19)17-28-22(18-30-24-15-20(2)5-8-23(24)28)16-25(29)27-11-9-26(10-12-27)31-13-14-32-26/h3-8,15,22H,9-14,16-18H2,1-2H3. The fraction of sp³-hybridized carbons (Fsp3) is 0.500. The lowest BCUT2D eigenvalue weighted by molar-refractivity contribution is -0.187. The van der Waals surface area contributed by atoms with Gasteiger partial charge in [-0.1, -0.05) is 35.9 Å². The summed E-state index contributed by atoms with van der Waals surface area (Å²) in [5, 5.41) is 0. The van der Waals surface area contributed by atoms with Crippen LogP contribution in [-0.4, -0.2) is 55.5 Å². The van der Waals surface area contributed by atoms with E-state index in [9.17, 15) is 4.79 Å². The summed E-state index contributed by atoms with van der Waals surface area (Å²) in [4.78, 5) is 17.5. The van der Waals surface area contributed by atoms with Crippen LogP contribution < -0.4 is 9.64 Å². The van der Waals surface area contributed by atoms with Crippen molar-refractivity contribution in [2.75, 3.05) is 37.8 Å². The Balaban J connectivity index is 1.31. The van der Waals surface area contributed by atoms with Gasteiger partial charge >= 0.3 is 0 Å². The minimum Gasteiger partial charge on any atom is -0.489 e. The predicted molar refractivity (Wildman–Crippen MR) is 123 cm³/mol. The monoisotopic (exact) mass is 436 g/mol. The third-order valence-corrected chi connectivity index (χ3v) is 6.87. The van der Waals surface area contributed by atoms with E-state index >= 15 is 0 Å². The molecule has 1 atom stereocenters. The second-order valence-corrected chi connectivity index (χ2v) is 9.24. The number of aryl methyl sites for hydroxylation is 2. The molecule has 0 radical (unpaired) electrons. The maximum Gasteiger partial charge on any atom is 0.224 e. The van der Waals surface area contributed by atoms with Gasteiger partial charge in [0, 0.05) is 32.5 Å². The van der Waals surface area contributed by atoms with Crippen molar-refractivity contribution in [3.8, 4) is 5.75 Å². The summed E-state index contributed by atoms with van der Waals surface area (Å²) >= 11 is 0. The van der Waals surface area contributed by atoms with Crippen LogP contribution in [0.15, 0.2) is 42.5 Å². The van der Waals surface area contributed by atoms with E-state index in [-0.39, 0.29) is 11.9 Å². The van der Waals surface area contributed by atoms with Crippen molar-refractivity contribution in [1.82, 2.24) is 4.90 Å². The molecule has 1 unspecified atom stereocenters. The zero-order chi connectivity index (χ0) is 22.1. The number of benzene rings is 2. The molecule has 6 nitrogen and oxygen atoms in total. The van der Waals surface area contributed by atoms with Crippen LogP contribution in [0.25, 0.3) is 0 Å². The van der Waals surface area contributed by atoms with Crippen LogP contribution in [0.5, 0.6) is 5.75 Å². The quantitative estimate of drug-likeness (QED) is 0.729. The molecule has 2 aromatic rings. The van der Waals surface area contributed by atoms with E-state index in [0.29, 0.717) is 39.3 Å². The molecule has 0 saturated carbocycles. The highest BCUT2D eigenvalue weighted by Gasteiger charge is 2.41. The smallest absolute Gasteiger partial charge is 0.224 e. The Labute approximate surface area is 190 Å². The van der Waals surface area contributed by atoms with Gasteiger partial charge in [0.05, 0.1) is 31.4 Å². The van der Waals surface area contributed by atoms with Crippen LogP contribution in [0, 0.1) is 13.8 Å². The number of anilines is 1. The highest BCUT2D eigenvalue weighted by atomic mass is 16.7. The highest BCUT2D eigenvalue weighted by Crippen LogP contribution is 2.37. The van der Waals surface area contributed by atoms with Gasteiger partial charge in [0.15, 0.2) is 5.79 Å². The first-order valence-corrected chi connectivity index (χ1v) is 11.6. The number of rotatable bonds is 4. The molecule has 0 N–H and O–H groups in total. The third kappa shape index (κ3) is 4.34. The molecule has 1 spiro atoms. The lowest BCUT2D eigenvalue weighted by atomic mass is 10.0. The molecule has 170 valence electrons. The van der Waals surface area contributed by atoms with Crippen LogP contribution in [0.1, 0.15) is 36.0 Å². The van der Waals surface area contributed by atoms with E-state index in [1.165, 1.54) is 16.7 Å². The van der Waals surface area contributed by atoms with Crippen molar-refractivity contribution in [2.45, 2.75) is 51.5 Å². The van der Waals surface area contributed by atoms with E-state index in [1.54, 1.807) is 0 Å². The molecule has 2 saturated heterocycles. The average Bonchev–Trinajstić information content (AvgIpc) is 3.25. The fourth-order valence-electron chi connectivity index (χ4n) is 4.93. The summed E-state index contributed by atoms with van der Waals surface area (Å²) in [6, 6.07) is 14.9. The predicted octanol–water partition coefficient (Wildman–Crippen LogP) is 3.83. The van der Waals surface area contributed by atoms with E-state index in [1.807, 2.05) is 4.90 Å². The van der Waals surface area contributed by atoms with Gasteiger partial charge in [0.25, 0.3) is 0 Å². The molecular weight excluding hydrogens is 404 g/mol. The van der Waals surface area contributed by atoms with E-state index in [2.05, 4.69) is 61.2 Å². The Bertz CT molecular complexity index is 958. The van der Waals surface area contributed by atoms with Gasteiger partial charge in [0.1, 0.15) is 12.4 Å². The van der Waals surface area contributed by atoms with Gasteiger partial charge in [-0.3, -0.25) is 4.79 Å². The molecule has 2 aromatic carbocycles. The second-order valence-electron chi connectivity index (χ2n) is 9.24. The van der Waals surface area contributed by atoms with Crippen molar-refractivity contribution in [3.05, 3.63) is 59.2 Å². The molecule has 0 bridgehead atoms. The maximum absolute atomic E-state index is 13.2. The first kappa shape index (κ1) is 21.3. The largest absolute Gasteiger partial charge is 0.489 e. The zero-order valence-electron chi connectivity index (χ0n) is 19.0. The van der Waals surface area contributed by atoms with Gasteiger partial charge in [-0.2, -0.15) is 0 Å². The molecule has 3 aliphatic rings. The summed E-state index contributed by atoms with van der Waals surface area (Å²) in [5.74, 6) is 0.617. The summed E-state index contributed by atoms with van der Waals surface area (Å²) < 4.78 is 17.7. The molecule has 32 heavy (non-hydrogen) atoms. The number of likely N-dealkylation sites (tertiary alicyclic amines) is 1. The first-order chi connectivity index (χ1) is 15.5. The fourth-order valence-corrected chi connectivity index (χ4v) is 4.93. The van der Waals surface area contributed by atoms with Gasteiger partial charge in [-0.05, 0) is 37.1 Å². The van der Waals surface area contributed by atoms with Crippen LogP contribution in [0.4, 0.5) is 5.69 Å². The van der Waals surface area contributed by atoms with Gasteiger partial charge < -0.3 is 24.0 Å². The summed E-state index contributed by atoms with van der Waals surface area (Å²) in [5.41, 5.74) is 4.71. The number of fused-ring (bicyclic) bond motifs is 1. The van der Waals surface area contributed by atoms with E-state index in [4.69, 9.17) is 14.2 Å². The summed E-state index contributed by atoms with van der Waals surface area (Å²) in [7, 11) is 0. The zero-order valence-corrected chi connectivity index (χ0v) is 19.0. The lowest BCUT2D eigenvalue weighted by Crippen LogP contribution is -2.50. The minimum absolute atomic E-state index is 0.00567. The SMILES string of the molecule is Cc1ccc(CN2c3ccc(C)cc3OCC2CC(=O)N2CCC3(CC2)OCCO3)cc1. The number of nitrogens with zero attached hydrogens (tertiary/aromatic N) is 2. The number of carbonyl (C=O) groups excluding carboxylic acids is 1. The topological polar surface area (TPSA) is 51.2 Å². The second kappa shape index (κ2) is 8.75. The van der Waals surface area contributed by atoms with Crippen LogP contribution in [-0.2, 0) is 20.8 Å². The van der Waals surface area contributed by atoms with Crippen molar-refractivity contribution in [1.29, 1.82) is 0 Å². The van der Waals surface area contributed by atoms with E-state index in [0.717, 1.165) is 30.8 Å². The molecule has 0 aliphatic carbocycles. The minimum atomic E-state index is -0.459. The molecule has 1 amide bonds. The van der Waals surface area contributed by atoms with Gasteiger partial charge in [0.2, 0.25) is 5.91 Å². The average molecular weight is 437 g/mol. The first-order valence-electron chi connectivity index (χ1n) is 11.6. The van der Waals surface area contributed by atoms with Crippen molar-refractivity contribution < 1.29 is 19.0 Å². The lowest BCUT2D eigenvalue weighted by Gasteiger charge is -2.41. The Hall–Kier alpha value is -2.57. The molecule has 3 heterocycles. The highest BCUT2D eigenvalue weighted by molar-refractivity contribution is 5.78. The van der Waals surface area contributed by atoms with Crippen LogP contribution >= 0.6 is 0 Å². The summed E-state index contributed by atoms with van der Waals surface area (Å²) in [6.07, 6.45) is 1.93. The van der Waals surface area contributed by atoms with Crippen molar-refractivity contribution in [3.63, 3.8) is 0 Å². The third-order valence-electron chi connectivity index (χ3n) is 6.87. The number of piperidine rings is 1. The number of amides is 1. The Morgan fingerprint density at radius 1 is 1.00 bits per heavy atom. The van der Waals surface area contributed by atoms with Gasteiger partial charge in [-0.25, -0.2) is 0 Å². The van der Waals surface area contributed by atoms with Crippen molar-refractivity contribution >= 4 is 11.6 Å². The van der Waals surface area contributed by atoms with E-state index < -0.39 is 5.79 Å². The Morgan fingerprint density at radius 3 is 2.41 bits per heavy atom. The number of hydrogen-bond acceptors (Lipinski definition) is 5. The van der Waals surface area contributed by atoms with Crippen LogP contribution in [0.3, 0.4) is 0 Å².